The van der Waals surface area contributed by atoms with Crippen LogP contribution in [0.1, 0.15) is 17.2 Å². The first-order valence-electron chi connectivity index (χ1n) is 8.55. The van der Waals surface area contributed by atoms with Crippen LogP contribution in [0.2, 0.25) is 0 Å². The summed E-state index contributed by atoms with van der Waals surface area (Å²) in [5.74, 6) is 0.197. The van der Waals surface area contributed by atoms with Gasteiger partial charge in [0, 0.05) is 18.3 Å². The maximum atomic E-state index is 12.4. The maximum absolute atomic E-state index is 12.4. The van der Waals surface area contributed by atoms with Gasteiger partial charge < -0.3 is 14.4 Å². The highest BCUT2D eigenvalue weighted by molar-refractivity contribution is 6.05. The molecule has 0 saturated heterocycles. The van der Waals surface area contributed by atoms with Gasteiger partial charge in [0.15, 0.2) is 5.82 Å². The normalized spacial score (nSPS) is 13.5. The van der Waals surface area contributed by atoms with Crippen molar-refractivity contribution in [3.63, 3.8) is 0 Å². The minimum Gasteiger partial charge on any atom is -0.465 e. The summed E-state index contributed by atoms with van der Waals surface area (Å²) in [6.45, 7) is 1.85. The van der Waals surface area contributed by atoms with Crippen LogP contribution in [-0.4, -0.2) is 41.3 Å². The number of ether oxygens (including phenoxy) is 2. The molecule has 8 nitrogen and oxygen atoms in total. The predicted octanol–water partition coefficient (Wildman–Crippen LogP) is 2.19. The van der Waals surface area contributed by atoms with Gasteiger partial charge in [-0.1, -0.05) is 18.2 Å². The summed E-state index contributed by atoms with van der Waals surface area (Å²) >= 11 is 0. The van der Waals surface area contributed by atoms with Crippen molar-refractivity contribution < 1.29 is 19.1 Å². The number of hydrogen-bond donors (Lipinski definition) is 1. The number of rotatable bonds is 5. The van der Waals surface area contributed by atoms with Crippen molar-refractivity contribution in [3.8, 4) is 0 Å². The van der Waals surface area contributed by atoms with E-state index in [9.17, 15) is 9.59 Å². The first-order valence-corrected chi connectivity index (χ1v) is 8.55. The lowest BCUT2D eigenvalue weighted by molar-refractivity contribution is -0.139. The molecule has 0 bridgehead atoms. The molecule has 0 saturated carbocycles. The quantitative estimate of drug-likeness (QED) is 0.794. The monoisotopic (exact) mass is 380 g/mol. The lowest BCUT2D eigenvalue weighted by atomic mass is 10.1. The Hall–Kier alpha value is -3.68. The number of aromatic amines is 1. The number of H-pyrrole nitrogens is 1. The number of nitrogens with zero attached hydrogens (tertiary/aromatic N) is 3. The molecule has 1 aliphatic rings. The van der Waals surface area contributed by atoms with Crippen molar-refractivity contribution in [2.75, 3.05) is 19.1 Å². The van der Waals surface area contributed by atoms with Crippen LogP contribution in [0, 0.1) is 6.92 Å². The second-order valence-corrected chi connectivity index (χ2v) is 6.00. The van der Waals surface area contributed by atoms with E-state index >= 15 is 0 Å². The molecule has 0 unspecified atom stereocenters. The highest BCUT2D eigenvalue weighted by Gasteiger charge is 2.27. The highest BCUT2D eigenvalue weighted by Crippen LogP contribution is 2.26. The van der Waals surface area contributed by atoms with Crippen LogP contribution in [0.3, 0.4) is 0 Å². The molecule has 144 valence electrons. The minimum atomic E-state index is -0.642. The summed E-state index contributed by atoms with van der Waals surface area (Å²) in [6, 6.07) is 7.53. The smallest absolute Gasteiger partial charge is 0.355 e. The first kappa shape index (κ1) is 19.1. The maximum Gasteiger partial charge on any atom is 0.355 e. The molecule has 2 aromatic rings. The zero-order valence-electron chi connectivity index (χ0n) is 15.8. The Labute approximate surface area is 162 Å². The Morgan fingerprint density at radius 1 is 1.07 bits per heavy atom. The van der Waals surface area contributed by atoms with Crippen LogP contribution in [-0.2, 0) is 25.5 Å². The molecule has 3 rings (SSSR count). The average molecular weight is 380 g/mol. The van der Waals surface area contributed by atoms with Crippen LogP contribution in [0.5, 0.6) is 0 Å². The van der Waals surface area contributed by atoms with Gasteiger partial charge in [0.05, 0.1) is 19.8 Å². The lowest BCUT2D eigenvalue weighted by Crippen LogP contribution is -2.26. The number of esters is 2. The fourth-order valence-corrected chi connectivity index (χ4v) is 2.79. The van der Waals surface area contributed by atoms with E-state index in [1.165, 1.54) is 20.3 Å². The zero-order valence-corrected chi connectivity index (χ0v) is 15.8. The molecule has 0 fully saturated rings. The van der Waals surface area contributed by atoms with Crippen LogP contribution in [0.4, 0.5) is 5.69 Å². The van der Waals surface area contributed by atoms with E-state index in [0.717, 1.165) is 11.4 Å². The van der Waals surface area contributed by atoms with E-state index < -0.39 is 11.9 Å². The van der Waals surface area contributed by atoms with Crippen molar-refractivity contribution in [2.45, 2.75) is 13.3 Å². The highest BCUT2D eigenvalue weighted by atomic mass is 16.5. The van der Waals surface area contributed by atoms with Gasteiger partial charge in [0.1, 0.15) is 11.5 Å². The summed E-state index contributed by atoms with van der Waals surface area (Å²) < 4.78 is 9.71. The summed E-state index contributed by atoms with van der Waals surface area (Å²) in [7, 11) is 2.53. The number of carbonyl (C=O) groups is 2. The SMILES string of the molecule is COC(=O)C1=C(C(=O)OC)N(c2ccc(Cc3n[nH]c(C)n3)cc2)C=CC=C1. The van der Waals surface area contributed by atoms with Gasteiger partial charge in [-0.15, -0.1) is 0 Å². The molecular weight excluding hydrogens is 360 g/mol. The van der Waals surface area contributed by atoms with Gasteiger partial charge in [0.2, 0.25) is 0 Å². The van der Waals surface area contributed by atoms with E-state index in [-0.39, 0.29) is 11.3 Å². The van der Waals surface area contributed by atoms with Gasteiger partial charge in [-0.05, 0) is 36.8 Å². The molecule has 0 amide bonds. The van der Waals surface area contributed by atoms with E-state index in [1.54, 1.807) is 23.3 Å². The molecule has 1 N–H and O–H groups in total. The molecule has 1 aliphatic heterocycles. The summed E-state index contributed by atoms with van der Waals surface area (Å²) in [5.41, 5.74) is 1.89. The van der Waals surface area contributed by atoms with Crippen LogP contribution in [0.15, 0.2) is 60.0 Å². The number of aryl methyl sites for hydroxylation is 1. The number of anilines is 1. The van der Waals surface area contributed by atoms with E-state index in [2.05, 4.69) is 15.2 Å². The lowest BCUT2D eigenvalue weighted by Gasteiger charge is -2.23. The van der Waals surface area contributed by atoms with Crippen molar-refractivity contribution in [1.82, 2.24) is 15.2 Å². The Balaban J connectivity index is 1.95. The molecule has 0 spiro atoms. The number of methoxy groups -OCH3 is 2. The standard InChI is InChI=1S/C20H20N4O4/c1-13-21-17(23-22-13)12-14-7-9-15(10-8-14)24-11-5-4-6-16(19(25)27-2)18(24)20(26)28-3/h4-11H,12H2,1-3H3,(H,21,22,23). The Bertz CT molecular complexity index is 970. The third-order valence-corrected chi connectivity index (χ3v) is 4.11. The van der Waals surface area contributed by atoms with Crippen LogP contribution in [0.25, 0.3) is 0 Å². The first-order chi connectivity index (χ1) is 13.5. The second-order valence-electron chi connectivity index (χ2n) is 6.00. The third kappa shape index (κ3) is 4.01. The average Bonchev–Trinajstić information content (AvgIpc) is 2.99. The van der Waals surface area contributed by atoms with E-state index in [0.29, 0.717) is 17.9 Å². The molecule has 0 radical (unpaired) electrons. The number of carbonyl (C=O) groups excluding carboxylic acids is 2. The predicted molar refractivity (Wildman–Crippen MR) is 102 cm³/mol. The number of hydrogen-bond acceptors (Lipinski definition) is 7. The van der Waals surface area contributed by atoms with Gasteiger partial charge in [-0.25, -0.2) is 14.6 Å². The van der Waals surface area contributed by atoms with E-state index in [4.69, 9.17) is 9.47 Å². The summed E-state index contributed by atoms with van der Waals surface area (Å²) in [4.78, 5) is 30.5. The second kappa shape index (κ2) is 8.34. The molecule has 1 aromatic carbocycles. The van der Waals surface area contributed by atoms with Gasteiger partial charge >= 0.3 is 11.9 Å². The number of allylic oxidation sites excluding steroid dienone is 2. The minimum absolute atomic E-state index is 0.0803. The molecule has 0 atom stereocenters. The van der Waals surface area contributed by atoms with E-state index in [1.807, 2.05) is 31.2 Å². The Kier molecular flexibility index (Phi) is 5.69. The number of nitrogens with one attached hydrogen (secondary N) is 1. The Morgan fingerprint density at radius 2 is 1.79 bits per heavy atom. The zero-order chi connectivity index (χ0) is 20.1. The third-order valence-electron chi connectivity index (χ3n) is 4.11. The van der Waals surface area contributed by atoms with Crippen molar-refractivity contribution in [3.05, 3.63) is 77.2 Å². The molecular formula is C20H20N4O4. The Morgan fingerprint density at radius 3 is 2.39 bits per heavy atom. The van der Waals surface area contributed by atoms with Gasteiger partial charge in [-0.2, -0.15) is 5.10 Å². The topological polar surface area (TPSA) is 97.4 Å². The van der Waals surface area contributed by atoms with Crippen molar-refractivity contribution in [1.29, 1.82) is 0 Å². The fraction of sp³-hybridized carbons (Fsp3) is 0.200. The summed E-state index contributed by atoms with van der Waals surface area (Å²) in [5, 5.41) is 6.95. The molecule has 28 heavy (non-hydrogen) atoms. The van der Waals surface area contributed by atoms with Crippen molar-refractivity contribution in [2.24, 2.45) is 0 Å². The van der Waals surface area contributed by atoms with Gasteiger partial charge in [-0.3, -0.25) is 5.10 Å². The van der Waals surface area contributed by atoms with Crippen molar-refractivity contribution >= 4 is 17.6 Å². The number of aromatic nitrogens is 3. The fourth-order valence-electron chi connectivity index (χ4n) is 2.79. The summed E-state index contributed by atoms with van der Waals surface area (Å²) in [6.07, 6.45) is 7.17. The number of benzene rings is 1. The molecule has 8 heteroatoms. The largest absolute Gasteiger partial charge is 0.465 e. The van der Waals surface area contributed by atoms with Crippen LogP contribution < -0.4 is 4.90 Å². The molecule has 2 heterocycles. The molecule has 1 aromatic heterocycles. The molecule has 0 aliphatic carbocycles. The van der Waals surface area contributed by atoms with Gasteiger partial charge in [0.25, 0.3) is 0 Å². The van der Waals surface area contributed by atoms with Crippen LogP contribution >= 0.6 is 0 Å².